The minimum atomic E-state index is -0.306. The van der Waals surface area contributed by atoms with Crippen molar-refractivity contribution < 1.29 is 14.3 Å². The van der Waals surface area contributed by atoms with Gasteiger partial charge in [0.1, 0.15) is 0 Å². The van der Waals surface area contributed by atoms with Gasteiger partial charge in [0.2, 0.25) is 5.91 Å². The summed E-state index contributed by atoms with van der Waals surface area (Å²) >= 11 is 0. The Balaban J connectivity index is 1.55. The van der Waals surface area contributed by atoms with E-state index in [0.717, 1.165) is 23.1 Å². The van der Waals surface area contributed by atoms with E-state index in [9.17, 15) is 4.79 Å². The van der Waals surface area contributed by atoms with Gasteiger partial charge in [0.15, 0.2) is 11.5 Å². The van der Waals surface area contributed by atoms with Crippen molar-refractivity contribution in [3.8, 4) is 11.5 Å². The van der Waals surface area contributed by atoms with Crippen LogP contribution < -0.4 is 14.9 Å². The zero-order valence-electron chi connectivity index (χ0n) is 18.0. The molecule has 3 aromatic rings. The summed E-state index contributed by atoms with van der Waals surface area (Å²) < 4.78 is 10.6. The molecule has 31 heavy (non-hydrogen) atoms. The molecule has 1 saturated carbocycles. The van der Waals surface area contributed by atoms with Gasteiger partial charge in [0.25, 0.3) is 0 Å². The van der Waals surface area contributed by atoms with Crippen LogP contribution in [-0.4, -0.2) is 25.8 Å². The van der Waals surface area contributed by atoms with E-state index in [2.05, 4.69) is 34.8 Å². The summed E-state index contributed by atoms with van der Waals surface area (Å²) in [5.74, 6) is 1.03. The highest BCUT2D eigenvalue weighted by atomic mass is 16.5. The van der Waals surface area contributed by atoms with Crippen molar-refractivity contribution in [3.63, 3.8) is 0 Å². The first-order valence-electron chi connectivity index (χ1n) is 10.3. The zero-order valence-corrected chi connectivity index (χ0v) is 18.0. The van der Waals surface area contributed by atoms with E-state index in [0.29, 0.717) is 17.2 Å². The first-order valence-corrected chi connectivity index (χ1v) is 10.3. The van der Waals surface area contributed by atoms with Crippen LogP contribution in [0.5, 0.6) is 11.5 Å². The number of hydrogen-bond donors (Lipinski definition) is 1. The predicted octanol–water partition coefficient (Wildman–Crippen LogP) is 4.55. The molecule has 158 valence electrons. The standard InChI is InChI=1S/C26H26N2O3/c1-18(19-14-15-23(30-2)24(16-19)31-3)27-28-25(29)22-17-26(22,20-10-6-4-7-11-20)21-12-8-5-9-13-21/h4-16,22H,17H2,1-3H3,(H,28,29). The number of methoxy groups -OCH3 is 2. The lowest BCUT2D eigenvalue weighted by molar-refractivity contribution is -0.122. The van der Waals surface area contributed by atoms with E-state index in [1.807, 2.05) is 61.5 Å². The van der Waals surface area contributed by atoms with Gasteiger partial charge in [-0.1, -0.05) is 60.7 Å². The normalized spacial score (nSPS) is 17.0. The summed E-state index contributed by atoms with van der Waals surface area (Å²) in [6.07, 6.45) is 0.762. The molecule has 1 unspecified atom stereocenters. The summed E-state index contributed by atoms with van der Waals surface area (Å²) in [4.78, 5) is 13.1. The average molecular weight is 415 g/mol. The second-order valence-corrected chi connectivity index (χ2v) is 7.70. The number of hydrogen-bond acceptors (Lipinski definition) is 4. The maximum absolute atomic E-state index is 13.1. The van der Waals surface area contributed by atoms with Crippen LogP contribution >= 0.6 is 0 Å². The van der Waals surface area contributed by atoms with Crippen molar-refractivity contribution in [3.05, 3.63) is 95.6 Å². The van der Waals surface area contributed by atoms with Crippen LogP contribution in [-0.2, 0) is 10.2 Å². The first kappa shape index (κ1) is 20.7. The number of benzene rings is 3. The van der Waals surface area contributed by atoms with Crippen molar-refractivity contribution in [2.45, 2.75) is 18.8 Å². The first-order chi connectivity index (χ1) is 15.1. The van der Waals surface area contributed by atoms with Gasteiger partial charge < -0.3 is 9.47 Å². The van der Waals surface area contributed by atoms with Crippen LogP contribution in [0, 0.1) is 5.92 Å². The Labute approximate surface area is 182 Å². The van der Waals surface area contributed by atoms with E-state index >= 15 is 0 Å². The number of nitrogens with zero attached hydrogens (tertiary/aromatic N) is 1. The molecule has 0 aromatic heterocycles. The molecule has 5 nitrogen and oxygen atoms in total. The fourth-order valence-electron chi connectivity index (χ4n) is 4.20. The van der Waals surface area contributed by atoms with E-state index in [-0.39, 0.29) is 17.2 Å². The number of carbonyl (C=O) groups is 1. The minimum Gasteiger partial charge on any atom is -0.493 e. The number of amides is 1. The molecular formula is C26H26N2O3. The fraction of sp³-hybridized carbons (Fsp3) is 0.231. The number of hydrazone groups is 1. The van der Waals surface area contributed by atoms with Crippen LogP contribution in [0.3, 0.4) is 0 Å². The smallest absolute Gasteiger partial charge is 0.244 e. The SMILES string of the molecule is COc1ccc(C(C)=NNC(=O)C2CC2(c2ccccc2)c2ccccc2)cc1OC. The van der Waals surface area contributed by atoms with Crippen molar-refractivity contribution in [1.82, 2.24) is 5.43 Å². The van der Waals surface area contributed by atoms with Crippen LogP contribution in [0.15, 0.2) is 84.0 Å². The lowest BCUT2D eigenvalue weighted by atomic mass is 9.85. The molecule has 1 fully saturated rings. The molecule has 1 amide bonds. The highest BCUT2D eigenvalue weighted by Crippen LogP contribution is 2.58. The third kappa shape index (κ3) is 3.91. The number of carbonyl (C=O) groups excluding carboxylic acids is 1. The van der Waals surface area contributed by atoms with Crippen LogP contribution in [0.2, 0.25) is 0 Å². The van der Waals surface area contributed by atoms with Gasteiger partial charge in [-0.3, -0.25) is 4.79 Å². The highest BCUT2D eigenvalue weighted by Gasteiger charge is 2.60. The average Bonchev–Trinajstić information content (AvgIpc) is 3.60. The van der Waals surface area contributed by atoms with Gasteiger partial charge in [-0.05, 0) is 42.7 Å². The lowest BCUT2D eigenvalue weighted by Crippen LogP contribution is -2.26. The van der Waals surface area contributed by atoms with Gasteiger partial charge in [0, 0.05) is 11.0 Å². The largest absolute Gasteiger partial charge is 0.493 e. The molecule has 0 saturated heterocycles. The number of ether oxygens (including phenoxy) is 2. The quantitative estimate of drug-likeness (QED) is 0.456. The Morgan fingerprint density at radius 3 is 2.03 bits per heavy atom. The molecule has 1 N–H and O–H groups in total. The molecule has 0 bridgehead atoms. The third-order valence-corrected chi connectivity index (χ3v) is 5.99. The van der Waals surface area contributed by atoms with Crippen LogP contribution in [0.1, 0.15) is 30.0 Å². The molecular weight excluding hydrogens is 388 g/mol. The molecule has 4 rings (SSSR count). The van der Waals surface area contributed by atoms with E-state index < -0.39 is 0 Å². The summed E-state index contributed by atoms with van der Waals surface area (Å²) in [5.41, 5.74) is 6.33. The molecule has 1 aliphatic rings. The van der Waals surface area contributed by atoms with Crippen molar-refractivity contribution in [2.75, 3.05) is 14.2 Å². The molecule has 0 aliphatic heterocycles. The van der Waals surface area contributed by atoms with Gasteiger partial charge in [0.05, 0.1) is 25.8 Å². The maximum Gasteiger partial charge on any atom is 0.244 e. The Kier molecular flexibility index (Phi) is 5.76. The lowest BCUT2D eigenvalue weighted by Gasteiger charge is -2.18. The van der Waals surface area contributed by atoms with E-state index in [1.54, 1.807) is 14.2 Å². The third-order valence-electron chi connectivity index (χ3n) is 5.99. The summed E-state index contributed by atoms with van der Waals surface area (Å²) in [5, 5.41) is 4.36. The minimum absolute atomic E-state index is 0.0764. The number of nitrogens with one attached hydrogen (secondary N) is 1. The van der Waals surface area contributed by atoms with E-state index in [1.165, 1.54) is 0 Å². The fourth-order valence-corrected chi connectivity index (χ4v) is 4.20. The molecule has 0 heterocycles. The molecule has 0 radical (unpaired) electrons. The molecule has 1 atom stereocenters. The van der Waals surface area contributed by atoms with Crippen molar-refractivity contribution >= 4 is 11.6 Å². The van der Waals surface area contributed by atoms with E-state index in [4.69, 9.17) is 9.47 Å². The summed E-state index contributed by atoms with van der Waals surface area (Å²) in [6.45, 7) is 1.86. The topological polar surface area (TPSA) is 59.9 Å². The van der Waals surface area contributed by atoms with Crippen molar-refractivity contribution in [2.24, 2.45) is 11.0 Å². The summed E-state index contributed by atoms with van der Waals surface area (Å²) in [7, 11) is 3.19. The van der Waals surface area contributed by atoms with Crippen molar-refractivity contribution in [1.29, 1.82) is 0 Å². The number of rotatable bonds is 7. The van der Waals surface area contributed by atoms with Crippen LogP contribution in [0.25, 0.3) is 0 Å². The summed E-state index contributed by atoms with van der Waals surface area (Å²) in [6, 6.07) is 26.0. The Morgan fingerprint density at radius 1 is 0.903 bits per heavy atom. The Hall–Kier alpha value is -3.60. The highest BCUT2D eigenvalue weighted by molar-refractivity contribution is 6.00. The molecule has 3 aromatic carbocycles. The zero-order chi connectivity index (χ0) is 21.8. The van der Waals surface area contributed by atoms with Gasteiger partial charge in [-0.2, -0.15) is 5.10 Å². The van der Waals surface area contributed by atoms with Gasteiger partial charge in [-0.15, -0.1) is 0 Å². The second-order valence-electron chi connectivity index (χ2n) is 7.70. The molecule has 0 spiro atoms. The Bertz CT molecular complexity index is 1050. The molecule has 1 aliphatic carbocycles. The van der Waals surface area contributed by atoms with Gasteiger partial charge >= 0.3 is 0 Å². The molecule has 5 heteroatoms. The second kappa shape index (κ2) is 8.64. The maximum atomic E-state index is 13.1. The predicted molar refractivity (Wildman–Crippen MR) is 122 cm³/mol. The Morgan fingerprint density at radius 2 is 1.48 bits per heavy atom. The van der Waals surface area contributed by atoms with Crippen LogP contribution in [0.4, 0.5) is 0 Å². The monoisotopic (exact) mass is 414 g/mol. The van der Waals surface area contributed by atoms with Gasteiger partial charge in [-0.25, -0.2) is 5.43 Å².